The van der Waals surface area contributed by atoms with E-state index < -0.39 is 36.4 Å². The lowest BCUT2D eigenvalue weighted by Gasteiger charge is -2.25. The molecule has 11 heteroatoms. The van der Waals surface area contributed by atoms with Crippen LogP contribution in [0.3, 0.4) is 0 Å². The summed E-state index contributed by atoms with van der Waals surface area (Å²) in [5.41, 5.74) is 0.304. The first-order valence-electron chi connectivity index (χ1n) is 11.4. The maximum absolute atomic E-state index is 13.4. The lowest BCUT2D eigenvalue weighted by molar-refractivity contribution is -0.170. The van der Waals surface area contributed by atoms with Crippen LogP contribution < -0.4 is 0 Å². The molecule has 0 aliphatic carbocycles. The molecule has 36 heavy (non-hydrogen) atoms. The molecule has 0 spiro atoms. The minimum Gasteiger partial charge on any atom is -0.481 e. The van der Waals surface area contributed by atoms with Gasteiger partial charge in [-0.1, -0.05) is 18.2 Å². The van der Waals surface area contributed by atoms with Crippen LogP contribution in [0.1, 0.15) is 42.6 Å². The van der Waals surface area contributed by atoms with Crippen molar-refractivity contribution in [3.8, 4) is 0 Å². The molecule has 0 amide bonds. The number of hydrogen-bond acceptors (Lipinski definition) is 7. The van der Waals surface area contributed by atoms with Gasteiger partial charge in [-0.3, -0.25) is 19.5 Å². The van der Waals surface area contributed by atoms with E-state index in [-0.39, 0.29) is 11.9 Å². The van der Waals surface area contributed by atoms with Crippen molar-refractivity contribution in [1.82, 2.24) is 9.88 Å². The summed E-state index contributed by atoms with van der Waals surface area (Å²) in [7, 11) is 0. The molecular formula is C25H31FN2O8. The number of carboxylic acids is 3. The second-order valence-corrected chi connectivity index (χ2v) is 8.68. The van der Waals surface area contributed by atoms with Gasteiger partial charge in [0, 0.05) is 31.9 Å². The number of hydrogen-bond donors (Lipinski definition) is 4. The monoisotopic (exact) mass is 506 g/mol. The highest BCUT2D eigenvalue weighted by atomic mass is 19.1. The van der Waals surface area contributed by atoms with Crippen LogP contribution >= 0.6 is 0 Å². The van der Waals surface area contributed by atoms with E-state index in [0.717, 1.165) is 49.5 Å². The van der Waals surface area contributed by atoms with Crippen LogP contribution in [-0.4, -0.2) is 73.1 Å². The number of pyridine rings is 1. The number of rotatable bonds is 11. The Labute approximate surface area is 208 Å². The SMILES string of the molecule is Cc1cccc(CN(Cc2cccc(F)c2)CC2CCCO2)n1.O=C(O)CC(O)(CC(=O)O)C(=O)O. The number of ether oxygens (including phenoxy) is 1. The third kappa shape index (κ3) is 10.1. The van der Waals surface area contributed by atoms with E-state index in [1.807, 2.05) is 31.2 Å². The Balaban J connectivity index is 0.000000302. The summed E-state index contributed by atoms with van der Waals surface area (Å²) in [5.74, 6) is -5.21. The van der Waals surface area contributed by atoms with Crippen molar-refractivity contribution in [3.05, 3.63) is 65.2 Å². The van der Waals surface area contributed by atoms with Gasteiger partial charge in [-0.05, 0) is 49.6 Å². The summed E-state index contributed by atoms with van der Waals surface area (Å²) in [6, 6.07) is 12.9. The molecule has 1 unspecified atom stereocenters. The number of aliphatic carboxylic acids is 3. The standard InChI is InChI=1S/C19H23FN2O.C6H8O7/c1-15-5-2-8-18(21-15)13-22(14-19-9-4-10-23-19)12-16-6-3-7-17(20)11-16;7-3(8)1-6(13,5(11)12)2-4(9)10/h2-3,5-8,11,19H,4,9-10,12-14H2,1H3;13H,1-2H2,(H,7,8)(H,9,10)(H,11,12). The van der Waals surface area contributed by atoms with Crippen LogP contribution in [0.15, 0.2) is 42.5 Å². The topological polar surface area (TPSA) is 157 Å². The maximum Gasteiger partial charge on any atom is 0.336 e. The second kappa shape index (κ2) is 13.6. The molecule has 1 aromatic heterocycles. The molecule has 10 nitrogen and oxygen atoms in total. The summed E-state index contributed by atoms with van der Waals surface area (Å²) in [6.45, 7) is 5.15. The first kappa shape index (κ1) is 28.8. The Kier molecular flexibility index (Phi) is 10.9. The Morgan fingerprint density at radius 3 is 2.28 bits per heavy atom. The van der Waals surface area contributed by atoms with Crippen LogP contribution in [-0.2, 0) is 32.2 Å². The number of carbonyl (C=O) groups is 3. The van der Waals surface area contributed by atoms with Crippen molar-refractivity contribution >= 4 is 17.9 Å². The molecule has 3 rings (SSSR count). The minimum absolute atomic E-state index is 0.187. The first-order valence-corrected chi connectivity index (χ1v) is 11.4. The average molecular weight is 507 g/mol. The fourth-order valence-corrected chi connectivity index (χ4v) is 3.79. The van der Waals surface area contributed by atoms with Gasteiger partial charge in [-0.15, -0.1) is 0 Å². The number of aryl methyl sites for hydroxylation is 1. The normalized spacial score (nSPS) is 15.3. The molecule has 1 aliphatic rings. The maximum atomic E-state index is 13.4. The zero-order valence-electron chi connectivity index (χ0n) is 20.0. The smallest absolute Gasteiger partial charge is 0.336 e. The lowest BCUT2D eigenvalue weighted by atomic mass is 9.96. The van der Waals surface area contributed by atoms with Gasteiger partial charge in [0.15, 0.2) is 5.60 Å². The molecule has 0 radical (unpaired) electrons. The van der Waals surface area contributed by atoms with Crippen LogP contribution in [0.4, 0.5) is 4.39 Å². The highest BCUT2D eigenvalue weighted by molar-refractivity contribution is 5.88. The van der Waals surface area contributed by atoms with Crippen molar-refractivity contribution in [2.75, 3.05) is 13.2 Å². The zero-order valence-corrected chi connectivity index (χ0v) is 20.0. The van der Waals surface area contributed by atoms with Crippen LogP contribution in [0.25, 0.3) is 0 Å². The number of carboxylic acid groups (broad SMARTS) is 3. The van der Waals surface area contributed by atoms with E-state index in [1.54, 1.807) is 12.1 Å². The van der Waals surface area contributed by atoms with Crippen molar-refractivity contribution in [3.63, 3.8) is 0 Å². The summed E-state index contributed by atoms with van der Waals surface area (Å²) >= 11 is 0. The largest absolute Gasteiger partial charge is 0.481 e. The molecule has 1 atom stereocenters. The van der Waals surface area contributed by atoms with E-state index in [0.29, 0.717) is 6.54 Å². The van der Waals surface area contributed by atoms with E-state index >= 15 is 0 Å². The predicted octanol–water partition coefficient (Wildman–Crippen LogP) is 2.46. The molecule has 1 aliphatic heterocycles. The molecule has 1 fully saturated rings. The van der Waals surface area contributed by atoms with Gasteiger partial charge in [0.25, 0.3) is 0 Å². The van der Waals surface area contributed by atoms with Crippen molar-refractivity contribution < 1.29 is 43.9 Å². The average Bonchev–Trinajstić information content (AvgIpc) is 3.26. The number of aliphatic hydroxyl groups is 1. The molecule has 1 saturated heterocycles. The molecule has 0 bridgehead atoms. The van der Waals surface area contributed by atoms with Gasteiger partial charge in [0.05, 0.1) is 24.6 Å². The van der Waals surface area contributed by atoms with Gasteiger partial charge < -0.3 is 25.2 Å². The third-order valence-corrected chi connectivity index (χ3v) is 5.40. The molecule has 2 heterocycles. The van der Waals surface area contributed by atoms with Gasteiger partial charge >= 0.3 is 17.9 Å². The molecule has 2 aromatic rings. The van der Waals surface area contributed by atoms with Gasteiger partial charge in [-0.25, -0.2) is 9.18 Å². The molecule has 1 aromatic carbocycles. The predicted molar refractivity (Wildman–Crippen MR) is 126 cm³/mol. The number of halogens is 1. The fourth-order valence-electron chi connectivity index (χ4n) is 3.79. The fraction of sp³-hybridized carbons (Fsp3) is 0.440. The minimum atomic E-state index is -2.74. The summed E-state index contributed by atoms with van der Waals surface area (Å²) in [5, 5.41) is 33.8. The summed E-state index contributed by atoms with van der Waals surface area (Å²) in [6.07, 6.45) is 0.207. The second-order valence-electron chi connectivity index (χ2n) is 8.68. The molecule has 4 N–H and O–H groups in total. The van der Waals surface area contributed by atoms with Crippen LogP contribution in [0.2, 0.25) is 0 Å². The number of aromatic nitrogens is 1. The van der Waals surface area contributed by atoms with Crippen molar-refractivity contribution in [2.24, 2.45) is 0 Å². The number of benzene rings is 1. The van der Waals surface area contributed by atoms with E-state index in [4.69, 9.17) is 25.2 Å². The van der Waals surface area contributed by atoms with E-state index in [9.17, 15) is 18.8 Å². The highest BCUT2D eigenvalue weighted by Gasteiger charge is 2.40. The Morgan fingerprint density at radius 1 is 1.08 bits per heavy atom. The summed E-state index contributed by atoms with van der Waals surface area (Å²) < 4.78 is 19.2. The Bertz CT molecular complexity index is 979. The molecule has 0 saturated carbocycles. The Morgan fingerprint density at radius 2 is 1.75 bits per heavy atom. The summed E-state index contributed by atoms with van der Waals surface area (Å²) in [4.78, 5) is 37.4. The highest BCUT2D eigenvalue weighted by Crippen LogP contribution is 2.18. The van der Waals surface area contributed by atoms with Crippen LogP contribution in [0, 0.1) is 12.7 Å². The molecular weight excluding hydrogens is 475 g/mol. The number of nitrogens with zero attached hydrogens (tertiary/aromatic N) is 2. The first-order chi connectivity index (χ1) is 17.0. The zero-order chi connectivity index (χ0) is 26.7. The van der Waals surface area contributed by atoms with Gasteiger partial charge in [0.1, 0.15) is 5.82 Å². The Hall–Kier alpha value is -3.41. The van der Waals surface area contributed by atoms with Crippen molar-refractivity contribution in [2.45, 2.75) is 57.4 Å². The van der Waals surface area contributed by atoms with E-state index in [1.165, 1.54) is 6.07 Å². The molecule has 196 valence electrons. The lowest BCUT2D eigenvalue weighted by Crippen LogP contribution is -2.42. The quantitative estimate of drug-likeness (QED) is 0.357. The van der Waals surface area contributed by atoms with Crippen LogP contribution in [0.5, 0.6) is 0 Å². The van der Waals surface area contributed by atoms with E-state index in [2.05, 4.69) is 9.88 Å². The van der Waals surface area contributed by atoms with Crippen molar-refractivity contribution in [1.29, 1.82) is 0 Å². The third-order valence-electron chi connectivity index (χ3n) is 5.40. The van der Waals surface area contributed by atoms with Gasteiger partial charge in [0.2, 0.25) is 0 Å². The van der Waals surface area contributed by atoms with Gasteiger partial charge in [-0.2, -0.15) is 0 Å².